The Morgan fingerprint density at radius 3 is 1.25 bits per heavy atom. The van der Waals surface area contributed by atoms with E-state index in [1.807, 2.05) is 12.2 Å². The van der Waals surface area contributed by atoms with E-state index in [2.05, 4.69) is 147 Å². The maximum absolute atomic E-state index is 13.3. The number of carbonyl (C=O) groups excluding carboxylic acids is 1. The summed E-state index contributed by atoms with van der Waals surface area (Å²) in [6.45, 7) is 2.62. The van der Waals surface area contributed by atoms with Gasteiger partial charge in [-0.25, -0.2) is 0 Å². The first-order chi connectivity index (χ1) is 43.1. The number of aliphatic hydroxyl groups excluding tert-OH is 8. The number of hydrogen-bond acceptors (Lipinski definition) is 13. The van der Waals surface area contributed by atoms with Crippen LogP contribution in [-0.4, -0.2) is 140 Å². The maximum Gasteiger partial charge on any atom is 0.220 e. The molecule has 2 aliphatic heterocycles. The lowest BCUT2D eigenvalue weighted by Crippen LogP contribution is -2.65. The third kappa shape index (κ3) is 40.6. The summed E-state index contributed by atoms with van der Waals surface area (Å²) in [5.74, 6) is -0.316. The van der Waals surface area contributed by atoms with Gasteiger partial charge in [-0.05, 0) is 109 Å². The van der Waals surface area contributed by atoms with Crippen LogP contribution in [0, 0.1) is 0 Å². The minimum atomic E-state index is -1.81. The molecule has 88 heavy (non-hydrogen) atoms. The van der Waals surface area contributed by atoms with Crippen LogP contribution in [0.4, 0.5) is 0 Å². The summed E-state index contributed by atoms with van der Waals surface area (Å²) in [4.78, 5) is 13.3. The first-order valence-corrected chi connectivity index (χ1v) is 34.1. The minimum Gasteiger partial charge on any atom is -0.394 e. The molecule has 2 saturated heterocycles. The molecule has 0 bridgehead atoms. The highest BCUT2D eigenvalue weighted by molar-refractivity contribution is 5.76. The Morgan fingerprint density at radius 1 is 0.420 bits per heavy atom. The summed E-state index contributed by atoms with van der Waals surface area (Å²) in [6.07, 6.45) is 69.0. The van der Waals surface area contributed by atoms with Crippen LogP contribution in [0.5, 0.6) is 0 Å². The van der Waals surface area contributed by atoms with Crippen LogP contribution in [0.1, 0.15) is 219 Å². The van der Waals surface area contributed by atoms with Crippen molar-refractivity contribution in [1.82, 2.24) is 5.32 Å². The number of aliphatic hydroxyl groups is 8. The Hall–Kier alpha value is -4.13. The van der Waals surface area contributed by atoms with Crippen LogP contribution in [0.15, 0.2) is 146 Å². The molecule has 0 spiro atoms. The highest BCUT2D eigenvalue weighted by atomic mass is 16.7. The van der Waals surface area contributed by atoms with Gasteiger partial charge in [-0.15, -0.1) is 0 Å². The average molecular weight is 1230 g/mol. The molecule has 12 unspecified atom stereocenters. The van der Waals surface area contributed by atoms with Gasteiger partial charge in [0.1, 0.15) is 48.8 Å². The molecular weight excluding hydrogens is 1110 g/mol. The zero-order chi connectivity index (χ0) is 63.8. The van der Waals surface area contributed by atoms with Crippen molar-refractivity contribution in [2.75, 3.05) is 19.8 Å². The zero-order valence-electron chi connectivity index (χ0n) is 54.2. The molecule has 0 radical (unpaired) electrons. The van der Waals surface area contributed by atoms with Gasteiger partial charge >= 0.3 is 0 Å². The van der Waals surface area contributed by atoms with Crippen molar-refractivity contribution in [2.24, 2.45) is 0 Å². The van der Waals surface area contributed by atoms with E-state index in [1.54, 1.807) is 6.08 Å². The van der Waals surface area contributed by atoms with Crippen LogP contribution in [0.25, 0.3) is 0 Å². The Kier molecular flexibility index (Phi) is 51.6. The molecule has 0 saturated carbocycles. The van der Waals surface area contributed by atoms with E-state index in [0.717, 1.165) is 83.5 Å². The highest BCUT2D eigenvalue weighted by Gasteiger charge is 2.51. The number of rotatable bonds is 53. The summed E-state index contributed by atoms with van der Waals surface area (Å²) in [5.41, 5.74) is 0. The zero-order valence-corrected chi connectivity index (χ0v) is 54.2. The van der Waals surface area contributed by atoms with Crippen LogP contribution >= 0.6 is 0 Å². The summed E-state index contributed by atoms with van der Waals surface area (Å²) >= 11 is 0. The average Bonchev–Trinajstić information content (AvgIpc) is 2.07. The van der Waals surface area contributed by atoms with Gasteiger partial charge in [0.25, 0.3) is 0 Å². The number of nitrogens with one attached hydrogen (secondary N) is 1. The lowest BCUT2D eigenvalue weighted by atomic mass is 9.97. The number of unbranched alkanes of at least 4 members (excludes halogenated alkanes) is 18. The fourth-order valence-electron chi connectivity index (χ4n) is 10.1. The van der Waals surface area contributed by atoms with E-state index < -0.39 is 86.8 Å². The molecule has 9 N–H and O–H groups in total. The number of hydrogen-bond donors (Lipinski definition) is 9. The van der Waals surface area contributed by atoms with Gasteiger partial charge in [-0.2, -0.15) is 0 Å². The molecule has 14 heteroatoms. The van der Waals surface area contributed by atoms with Gasteiger partial charge in [0.2, 0.25) is 5.91 Å². The second kappa shape index (κ2) is 56.8. The molecule has 0 aliphatic carbocycles. The van der Waals surface area contributed by atoms with E-state index in [4.69, 9.17) is 18.9 Å². The topological polar surface area (TPSA) is 228 Å². The number of ether oxygens (including phenoxy) is 4. The first-order valence-electron chi connectivity index (χ1n) is 34.1. The standard InChI is InChI=1S/C74H121NO13/c1-3-5-7-9-11-13-15-17-19-21-23-25-27-29-30-31-32-34-36-38-40-42-44-46-48-50-52-54-56-58-66(79)75-62(61-85-73-71(84)69(82)72(65(60-77)87-73)88-74-70(83)68(81)67(80)64(59-76)86-74)63(78)57-55-53-51-49-47-45-43-41-39-37-35-33-28-26-24-22-20-18-16-14-12-10-8-6-4-2/h5,7,11,13,17,19,23,25,29-30,32,34,38-41,44,46-47,49-50,52,55,57,62-65,67-74,76-78,80-84H,3-4,6,8-10,12,14-16,18,20-22,24,26-28,31,33,35-37,42-43,45,48,51,53-54,56,58-61H2,1-2H3,(H,75,79)/b7-5-,13-11-,19-17-,25-23-,30-29-,34-32-,40-38-,41-39+,46-44-,49-47+,52-50-,57-55+. The van der Waals surface area contributed by atoms with Crippen molar-refractivity contribution in [3.63, 3.8) is 0 Å². The van der Waals surface area contributed by atoms with Crippen LogP contribution in [0.3, 0.4) is 0 Å². The lowest BCUT2D eigenvalue weighted by molar-refractivity contribution is -0.359. The van der Waals surface area contributed by atoms with Gasteiger partial charge in [-0.3, -0.25) is 4.79 Å². The van der Waals surface area contributed by atoms with Gasteiger partial charge in [0, 0.05) is 6.42 Å². The van der Waals surface area contributed by atoms with Crippen molar-refractivity contribution in [1.29, 1.82) is 0 Å². The van der Waals surface area contributed by atoms with E-state index in [-0.39, 0.29) is 18.9 Å². The van der Waals surface area contributed by atoms with E-state index >= 15 is 0 Å². The lowest BCUT2D eigenvalue weighted by Gasteiger charge is -2.46. The monoisotopic (exact) mass is 1230 g/mol. The van der Waals surface area contributed by atoms with Gasteiger partial charge in [0.15, 0.2) is 12.6 Å². The molecule has 2 heterocycles. The Labute approximate surface area is 532 Å². The molecule has 1 amide bonds. The fourth-order valence-corrected chi connectivity index (χ4v) is 10.1. The van der Waals surface area contributed by atoms with Gasteiger partial charge in [0.05, 0.1) is 32.0 Å². The van der Waals surface area contributed by atoms with Crippen molar-refractivity contribution >= 4 is 5.91 Å². The molecule has 2 aliphatic rings. The normalized spacial score (nSPS) is 24.1. The van der Waals surface area contributed by atoms with Crippen molar-refractivity contribution in [2.45, 2.75) is 293 Å². The number of allylic oxidation sites excluding steroid dienone is 23. The minimum absolute atomic E-state index is 0.180. The number of carbonyl (C=O) groups is 1. The van der Waals surface area contributed by atoms with Gasteiger partial charge < -0.3 is 65.1 Å². The van der Waals surface area contributed by atoms with Crippen molar-refractivity contribution in [3.05, 3.63) is 146 Å². The summed E-state index contributed by atoms with van der Waals surface area (Å²) < 4.78 is 22.8. The molecule has 0 aromatic rings. The van der Waals surface area contributed by atoms with E-state index in [0.29, 0.717) is 19.3 Å². The van der Waals surface area contributed by atoms with Crippen LogP contribution in [-0.2, 0) is 23.7 Å². The summed E-state index contributed by atoms with van der Waals surface area (Å²) in [5, 5.41) is 87.3. The Balaban J connectivity index is 1.77. The molecule has 2 rings (SSSR count). The first kappa shape index (κ1) is 80.0. The van der Waals surface area contributed by atoms with E-state index in [1.165, 1.54) is 96.3 Å². The molecule has 0 aromatic heterocycles. The largest absolute Gasteiger partial charge is 0.394 e. The molecule has 500 valence electrons. The Bertz CT molecular complexity index is 2040. The number of amides is 1. The smallest absolute Gasteiger partial charge is 0.220 e. The highest BCUT2D eigenvalue weighted by Crippen LogP contribution is 2.30. The summed E-state index contributed by atoms with van der Waals surface area (Å²) in [7, 11) is 0. The predicted molar refractivity (Wildman–Crippen MR) is 359 cm³/mol. The summed E-state index contributed by atoms with van der Waals surface area (Å²) in [6, 6.07) is -0.982. The third-order valence-electron chi connectivity index (χ3n) is 15.5. The second-order valence-electron chi connectivity index (χ2n) is 23.2. The van der Waals surface area contributed by atoms with Crippen molar-refractivity contribution < 1.29 is 64.6 Å². The molecular formula is C74H121NO13. The van der Waals surface area contributed by atoms with Crippen LogP contribution < -0.4 is 5.32 Å². The quantitative estimate of drug-likeness (QED) is 0.0204. The van der Waals surface area contributed by atoms with Crippen molar-refractivity contribution in [3.8, 4) is 0 Å². The van der Waals surface area contributed by atoms with Gasteiger partial charge in [-0.1, -0.05) is 250 Å². The SMILES string of the molecule is CC/C=C\C/C=C\C/C=C\C/C=C\C/C=C\C/C=C\C/C=C\C/C=C\C/C=C\CCCC(=O)NC(COC1OC(CO)C(OC2OC(CO)C(O)C(O)C2O)C(O)C1O)C(O)/C=C/CC/C=C/CC/C=C/CCCCCCCCCCCCCCCCC. The van der Waals surface area contributed by atoms with E-state index in [9.17, 15) is 45.6 Å². The Morgan fingerprint density at radius 2 is 0.795 bits per heavy atom. The predicted octanol–water partition coefficient (Wildman–Crippen LogP) is 13.7. The maximum atomic E-state index is 13.3. The third-order valence-corrected chi connectivity index (χ3v) is 15.5. The van der Waals surface area contributed by atoms with Crippen LogP contribution in [0.2, 0.25) is 0 Å². The molecule has 0 aromatic carbocycles. The second-order valence-corrected chi connectivity index (χ2v) is 23.2. The molecule has 12 atom stereocenters. The molecule has 2 fully saturated rings. The molecule has 14 nitrogen and oxygen atoms in total. The fraction of sp³-hybridized carbons (Fsp3) is 0.662.